The van der Waals surface area contributed by atoms with Crippen LogP contribution in [0.5, 0.6) is 0 Å². The van der Waals surface area contributed by atoms with Crippen LogP contribution in [-0.2, 0) is 0 Å². The Labute approximate surface area is 87.2 Å². The van der Waals surface area contributed by atoms with Crippen LogP contribution in [0.3, 0.4) is 0 Å². The Hall–Kier alpha value is -0.300. The van der Waals surface area contributed by atoms with Gasteiger partial charge in [0.2, 0.25) is 0 Å². The zero-order chi connectivity index (χ0) is 9.76. The van der Waals surface area contributed by atoms with Gasteiger partial charge >= 0.3 is 0 Å². The van der Waals surface area contributed by atoms with E-state index in [0.29, 0.717) is 5.41 Å². The van der Waals surface area contributed by atoms with Gasteiger partial charge in [-0.3, -0.25) is 4.90 Å². The van der Waals surface area contributed by atoms with Crippen LogP contribution in [0.1, 0.15) is 39.0 Å². The van der Waals surface area contributed by atoms with Gasteiger partial charge < -0.3 is 0 Å². The predicted octanol–water partition coefficient (Wildman–Crippen LogP) is 2.83. The normalized spacial score (nSPS) is 47.1. The maximum atomic E-state index is 4.36. The highest BCUT2D eigenvalue weighted by Crippen LogP contribution is 2.56. The molecule has 3 fully saturated rings. The lowest BCUT2D eigenvalue weighted by molar-refractivity contribution is 0.111. The molecule has 0 N–H and O–H groups in total. The molecule has 0 radical (unpaired) electrons. The first kappa shape index (κ1) is 8.96. The van der Waals surface area contributed by atoms with Gasteiger partial charge in [0.05, 0.1) is 0 Å². The van der Waals surface area contributed by atoms with Crippen LogP contribution in [0.15, 0.2) is 12.2 Å². The van der Waals surface area contributed by atoms with Crippen molar-refractivity contribution < 1.29 is 0 Å². The van der Waals surface area contributed by atoms with Crippen molar-refractivity contribution in [3.63, 3.8) is 0 Å². The first-order valence-electron chi connectivity index (χ1n) is 6.20. The van der Waals surface area contributed by atoms with E-state index in [2.05, 4.69) is 18.4 Å². The fourth-order valence-corrected chi connectivity index (χ4v) is 4.46. The van der Waals surface area contributed by atoms with Crippen LogP contribution in [0.2, 0.25) is 0 Å². The van der Waals surface area contributed by atoms with E-state index in [1.807, 2.05) is 0 Å². The highest BCUT2D eigenvalue weighted by atomic mass is 15.2. The summed E-state index contributed by atoms with van der Waals surface area (Å²) in [6.07, 6.45) is 7.13. The second-order valence-electron chi connectivity index (χ2n) is 5.47. The summed E-state index contributed by atoms with van der Waals surface area (Å²) >= 11 is 0. The molecule has 0 aromatic rings. The lowest BCUT2D eigenvalue weighted by atomic mass is 9.63. The van der Waals surface area contributed by atoms with Crippen molar-refractivity contribution >= 4 is 0 Å². The Morgan fingerprint density at radius 2 is 2.36 bits per heavy atom. The summed E-state index contributed by atoms with van der Waals surface area (Å²) in [6.45, 7) is 9.28. The maximum absolute atomic E-state index is 4.36. The number of rotatable bonds is 1. The molecule has 0 aromatic carbocycles. The molecule has 1 nitrogen and oxygen atoms in total. The standard InChI is InChI=1S/C13H21N/c1-3-13-7-4-5-11-6-8-14(12(11)13)9-10(13)2/h11-12H,2-9H2,1H3/t11-,12?,13+/m1/s1. The van der Waals surface area contributed by atoms with Gasteiger partial charge in [-0.05, 0) is 38.1 Å². The molecule has 14 heavy (non-hydrogen) atoms. The van der Waals surface area contributed by atoms with Crippen molar-refractivity contribution in [1.29, 1.82) is 0 Å². The number of hydrogen-bond acceptors (Lipinski definition) is 1. The smallest absolute Gasteiger partial charge is 0.0221 e. The maximum Gasteiger partial charge on any atom is 0.0221 e. The van der Waals surface area contributed by atoms with Gasteiger partial charge in [0, 0.05) is 18.0 Å². The summed E-state index contributed by atoms with van der Waals surface area (Å²) in [5.74, 6) is 1.00. The van der Waals surface area contributed by atoms with E-state index in [1.54, 1.807) is 5.57 Å². The summed E-state index contributed by atoms with van der Waals surface area (Å²) in [5.41, 5.74) is 2.08. The van der Waals surface area contributed by atoms with Crippen molar-refractivity contribution in [2.45, 2.75) is 45.1 Å². The van der Waals surface area contributed by atoms with Gasteiger partial charge in [0.1, 0.15) is 0 Å². The third kappa shape index (κ3) is 0.894. The minimum Gasteiger partial charge on any atom is -0.295 e. The molecule has 3 atom stereocenters. The minimum absolute atomic E-state index is 0.527. The summed E-state index contributed by atoms with van der Waals surface area (Å²) in [6, 6.07) is 0.883. The van der Waals surface area contributed by atoms with Crippen molar-refractivity contribution in [1.82, 2.24) is 4.90 Å². The number of nitrogens with zero attached hydrogens (tertiary/aromatic N) is 1. The van der Waals surface area contributed by atoms with Crippen LogP contribution in [0.4, 0.5) is 0 Å². The molecule has 0 amide bonds. The van der Waals surface area contributed by atoms with Crippen molar-refractivity contribution in [3.05, 3.63) is 12.2 Å². The van der Waals surface area contributed by atoms with Crippen LogP contribution in [0.25, 0.3) is 0 Å². The van der Waals surface area contributed by atoms with E-state index < -0.39 is 0 Å². The van der Waals surface area contributed by atoms with Gasteiger partial charge in [0.25, 0.3) is 0 Å². The predicted molar refractivity (Wildman–Crippen MR) is 59.2 cm³/mol. The third-order valence-corrected chi connectivity index (χ3v) is 5.12. The first-order valence-corrected chi connectivity index (χ1v) is 6.20. The zero-order valence-electron chi connectivity index (χ0n) is 9.26. The topological polar surface area (TPSA) is 3.24 Å². The fourth-order valence-electron chi connectivity index (χ4n) is 4.46. The van der Waals surface area contributed by atoms with Crippen molar-refractivity contribution in [2.24, 2.45) is 11.3 Å². The fraction of sp³-hybridized carbons (Fsp3) is 0.846. The van der Waals surface area contributed by atoms with Crippen LogP contribution >= 0.6 is 0 Å². The Kier molecular flexibility index (Phi) is 1.82. The molecular weight excluding hydrogens is 170 g/mol. The Morgan fingerprint density at radius 1 is 1.50 bits per heavy atom. The molecule has 3 rings (SSSR count). The number of hydrogen-bond donors (Lipinski definition) is 0. The molecule has 1 unspecified atom stereocenters. The van der Waals surface area contributed by atoms with Gasteiger partial charge in [-0.2, -0.15) is 0 Å². The molecular formula is C13H21N. The molecule has 1 aliphatic carbocycles. The summed E-state index contributed by atoms with van der Waals surface area (Å²) in [4.78, 5) is 2.72. The molecule has 1 saturated carbocycles. The zero-order valence-corrected chi connectivity index (χ0v) is 9.26. The largest absolute Gasteiger partial charge is 0.295 e. The molecule has 2 heterocycles. The van der Waals surface area contributed by atoms with Crippen LogP contribution in [-0.4, -0.2) is 24.0 Å². The molecule has 0 aromatic heterocycles. The second kappa shape index (κ2) is 2.85. The average molecular weight is 191 g/mol. The quantitative estimate of drug-likeness (QED) is 0.576. The molecule has 0 spiro atoms. The second-order valence-corrected chi connectivity index (χ2v) is 5.47. The van der Waals surface area contributed by atoms with Gasteiger partial charge in [-0.25, -0.2) is 0 Å². The first-order chi connectivity index (χ1) is 6.78. The third-order valence-electron chi connectivity index (χ3n) is 5.12. The van der Waals surface area contributed by atoms with Crippen molar-refractivity contribution in [2.75, 3.05) is 13.1 Å². The van der Waals surface area contributed by atoms with E-state index in [4.69, 9.17) is 0 Å². The van der Waals surface area contributed by atoms with E-state index in [-0.39, 0.29) is 0 Å². The van der Waals surface area contributed by atoms with Gasteiger partial charge in [0.15, 0.2) is 0 Å². The lowest BCUT2D eigenvalue weighted by Gasteiger charge is -2.42. The molecule has 0 bridgehead atoms. The molecule has 2 aliphatic heterocycles. The summed E-state index contributed by atoms with van der Waals surface area (Å²) < 4.78 is 0. The van der Waals surface area contributed by atoms with E-state index in [0.717, 1.165) is 12.0 Å². The minimum atomic E-state index is 0.527. The van der Waals surface area contributed by atoms with E-state index in [9.17, 15) is 0 Å². The molecule has 78 valence electrons. The molecule has 2 saturated heterocycles. The molecule has 3 aliphatic rings. The SMILES string of the molecule is C=C1CN2CC[C@H]3CCC[C@]1(CC)C32. The van der Waals surface area contributed by atoms with E-state index >= 15 is 0 Å². The van der Waals surface area contributed by atoms with Gasteiger partial charge in [-0.15, -0.1) is 0 Å². The molecule has 1 heteroatoms. The highest BCUT2D eigenvalue weighted by molar-refractivity contribution is 5.26. The lowest BCUT2D eigenvalue weighted by Crippen LogP contribution is -2.42. The highest BCUT2D eigenvalue weighted by Gasteiger charge is 2.55. The summed E-state index contributed by atoms with van der Waals surface area (Å²) in [7, 11) is 0. The summed E-state index contributed by atoms with van der Waals surface area (Å²) in [5, 5.41) is 0. The van der Waals surface area contributed by atoms with Crippen LogP contribution in [0, 0.1) is 11.3 Å². The van der Waals surface area contributed by atoms with E-state index in [1.165, 1.54) is 45.2 Å². The van der Waals surface area contributed by atoms with Crippen LogP contribution < -0.4 is 0 Å². The Bertz CT molecular complexity index is 268. The Morgan fingerprint density at radius 3 is 3.14 bits per heavy atom. The monoisotopic (exact) mass is 191 g/mol. The van der Waals surface area contributed by atoms with Gasteiger partial charge in [-0.1, -0.05) is 25.5 Å². The van der Waals surface area contributed by atoms with Crippen molar-refractivity contribution in [3.8, 4) is 0 Å². The average Bonchev–Trinajstić information content (AvgIpc) is 2.73. The Balaban J connectivity index is 2.02.